The second-order valence-corrected chi connectivity index (χ2v) is 7.51. The van der Waals surface area contributed by atoms with E-state index in [0.717, 1.165) is 17.1 Å². The van der Waals surface area contributed by atoms with Gasteiger partial charge >= 0.3 is 0 Å². The van der Waals surface area contributed by atoms with Crippen molar-refractivity contribution in [2.75, 3.05) is 6.61 Å². The van der Waals surface area contributed by atoms with Gasteiger partial charge in [-0.2, -0.15) is 0 Å². The maximum atomic E-state index is 12.4. The van der Waals surface area contributed by atoms with Crippen LogP contribution in [0.3, 0.4) is 0 Å². The van der Waals surface area contributed by atoms with E-state index in [9.17, 15) is 8.42 Å². The number of hydrogen-bond donors (Lipinski definition) is 1. The molecule has 26 heavy (non-hydrogen) atoms. The van der Waals surface area contributed by atoms with Crippen LogP contribution in [0.1, 0.15) is 18.3 Å². The van der Waals surface area contributed by atoms with E-state index in [2.05, 4.69) is 9.71 Å². The van der Waals surface area contributed by atoms with Crippen LogP contribution in [-0.2, 0) is 16.6 Å². The normalized spacial score (nSPS) is 11.5. The van der Waals surface area contributed by atoms with Crippen molar-refractivity contribution in [1.82, 2.24) is 14.3 Å². The molecule has 0 saturated carbocycles. The number of hydrogen-bond acceptors (Lipinski definition) is 4. The molecule has 0 aliphatic heterocycles. The van der Waals surface area contributed by atoms with E-state index in [1.807, 2.05) is 48.9 Å². The van der Waals surface area contributed by atoms with Crippen molar-refractivity contribution in [1.29, 1.82) is 0 Å². The van der Waals surface area contributed by atoms with E-state index in [4.69, 9.17) is 4.74 Å². The molecule has 1 heterocycles. The molecule has 0 aliphatic rings. The summed E-state index contributed by atoms with van der Waals surface area (Å²) < 4.78 is 34.7. The minimum Gasteiger partial charge on any atom is -0.494 e. The molecule has 3 aromatic rings. The largest absolute Gasteiger partial charge is 0.494 e. The van der Waals surface area contributed by atoms with Crippen molar-refractivity contribution in [3.63, 3.8) is 0 Å². The minimum absolute atomic E-state index is 0.214. The number of rotatable bonds is 7. The van der Waals surface area contributed by atoms with Gasteiger partial charge in [0.1, 0.15) is 11.6 Å². The number of benzene rings is 2. The third kappa shape index (κ3) is 4.12. The molecule has 0 bridgehead atoms. The Kier molecular flexibility index (Phi) is 5.39. The molecule has 0 atom stereocenters. The second kappa shape index (κ2) is 7.72. The van der Waals surface area contributed by atoms with E-state index in [0.29, 0.717) is 12.4 Å². The van der Waals surface area contributed by atoms with Gasteiger partial charge in [0.05, 0.1) is 11.5 Å². The molecule has 7 heteroatoms. The zero-order valence-electron chi connectivity index (χ0n) is 14.7. The number of sulfonamides is 1. The average molecular weight is 371 g/mol. The van der Waals surface area contributed by atoms with Crippen LogP contribution in [-0.4, -0.2) is 24.6 Å². The molecule has 0 radical (unpaired) electrons. The Labute approximate surface area is 153 Å². The second-order valence-electron chi connectivity index (χ2n) is 5.74. The lowest BCUT2D eigenvalue weighted by Crippen LogP contribution is -2.23. The van der Waals surface area contributed by atoms with E-state index in [1.54, 1.807) is 18.3 Å². The Hall–Kier alpha value is -2.64. The third-order valence-corrected chi connectivity index (χ3v) is 5.37. The van der Waals surface area contributed by atoms with Gasteiger partial charge in [-0.15, -0.1) is 0 Å². The number of imidazole rings is 1. The lowest BCUT2D eigenvalue weighted by Gasteiger charge is -2.09. The van der Waals surface area contributed by atoms with E-state index in [1.165, 1.54) is 12.1 Å². The first-order valence-corrected chi connectivity index (χ1v) is 9.80. The predicted molar refractivity (Wildman–Crippen MR) is 99.9 cm³/mol. The third-order valence-electron chi connectivity index (χ3n) is 3.95. The molecule has 136 valence electrons. The van der Waals surface area contributed by atoms with Crippen LogP contribution in [0.2, 0.25) is 0 Å². The Balaban J connectivity index is 1.67. The highest BCUT2D eigenvalue weighted by molar-refractivity contribution is 7.89. The number of aromatic nitrogens is 2. The number of nitrogens with one attached hydrogen (secondary N) is 1. The summed E-state index contributed by atoms with van der Waals surface area (Å²) in [6.45, 7) is 4.57. The van der Waals surface area contributed by atoms with Crippen LogP contribution < -0.4 is 9.46 Å². The van der Waals surface area contributed by atoms with Gasteiger partial charge in [0.25, 0.3) is 0 Å². The molecule has 0 fully saturated rings. The molecule has 0 amide bonds. The van der Waals surface area contributed by atoms with Crippen LogP contribution in [0, 0.1) is 6.92 Å². The van der Waals surface area contributed by atoms with Gasteiger partial charge < -0.3 is 9.30 Å². The van der Waals surface area contributed by atoms with Gasteiger partial charge in [-0.05, 0) is 55.8 Å². The van der Waals surface area contributed by atoms with Crippen molar-refractivity contribution >= 4 is 10.0 Å². The van der Waals surface area contributed by atoms with Gasteiger partial charge in [0, 0.05) is 24.6 Å². The summed E-state index contributed by atoms with van der Waals surface area (Å²) in [4.78, 5) is 4.41. The highest BCUT2D eigenvalue weighted by atomic mass is 32.2. The standard InChI is InChI=1S/C19H21N3O3S/c1-3-25-18-8-10-19(11-9-18)26(23,24)21-14-16-4-6-17(7-5-16)22-13-12-20-15(22)2/h4-13,21H,3,14H2,1-2H3. The predicted octanol–water partition coefficient (Wildman–Crippen LogP) is 3.06. The van der Waals surface area contributed by atoms with Gasteiger partial charge in [0.15, 0.2) is 0 Å². The molecule has 2 aromatic carbocycles. The first kappa shape index (κ1) is 18.2. The van der Waals surface area contributed by atoms with Crippen molar-refractivity contribution in [2.24, 2.45) is 0 Å². The molecular formula is C19H21N3O3S. The molecule has 1 N–H and O–H groups in total. The maximum Gasteiger partial charge on any atom is 0.240 e. The first-order chi connectivity index (χ1) is 12.5. The van der Waals surface area contributed by atoms with Crippen molar-refractivity contribution in [3.8, 4) is 11.4 Å². The summed E-state index contributed by atoms with van der Waals surface area (Å²) >= 11 is 0. The molecule has 0 spiro atoms. The highest BCUT2D eigenvalue weighted by Gasteiger charge is 2.13. The fraction of sp³-hybridized carbons (Fsp3) is 0.211. The zero-order chi connectivity index (χ0) is 18.6. The quantitative estimate of drug-likeness (QED) is 0.693. The van der Waals surface area contributed by atoms with Crippen LogP contribution in [0.15, 0.2) is 65.8 Å². The summed E-state index contributed by atoms with van der Waals surface area (Å²) in [5.41, 5.74) is 1.86. The molecule has 0 unspecified atom stereocenters. The van der Waals surface area contributed by atoms with Crippen LogP contribution in [0.5, 0.6) is 5.75 Å². The Bertz CT molecular complexity index is 962. The highest BCUT2D eigenvalue weighted by Crippen LogP contribution is 2.17. The summed E-state index contributed by atoms with van der Waals surface area (Å²) in [5.74, 6) is 1.55. The van der Waals surface area contributed by atoms with Gasteiger partial charge in [-0.1, -0.05) is 12.1 Å². The van der Waals surface area contributed by atoms with Gasteiger partial charge in [0.2, 0.25) is 10.0 Å². The SMILES string of the molecule is CCOc1ccc(S(=O)(=O)NCc2ccc(-n3ccnc3C)cc2)cc1. The van der Waals surface area contributed by atoms with E-state index >= 15 is 0 Å². The average Bonchev–Trinajstić information content (AvgIpc) is 3.07. The molecule has 0 saturated heterocycles. The van der Waals surface area contributed by atoms with Crippen molar-refractivity contribution < 1.29 is 13.2 Å². The van der Waals surface area contributed by atoms with Gasteiger partial charge in [-0.3, -0.25) is 0 Å². The van der Waals surface area contributed by atoms with Crippen molar-refractivity contribution in [2.45, 2.75) is 25.3 Å². The number of aryl methyl sites for hydroxylation is 1. The smallest absolute Gasteiger partial charge is 0.240 e. The maximum absolute atomic E-state index is 12.4. The summed E-state index contributed by atoms with van der Waals surface area (Å²) in [7, 11) is -3.57. The molecule has 6 nitrogen and oxygen atoms in total. The molecule has 1 aromatic heterocycles. The summed E-state index contributed by atoms with van der Waals surface area (Å²) in [6.07, 6.45) is 3.63. The topological polar surface area (TPSA) is 73.2 Å². The lowest BCUT2D eigenvalue weighted by molar-refractivity contribution is 0.340. The Morgan fingerprint density at radius 2 is 1.77 bits per heavy atom. The van der Waals surface area contributed by atoms with Crippen molar-refractivity contribution in [3.05, 3.63) is 72.3 Å². The Morgan fingerprint density at radius 1 is 1.08 bits per heavy atom. The fourth-order valence-electron chi connectivity index (χ4n) is 2.57. The number of ether oxygens (including phenoxy) is 1. The van der Waals surface area contributed by atoms with Gasteiger partial charge in [-0.25, -0.2) is 18.1 Å². The van der Waals surface area contributed by atoms with Crippen LogP contribution in [0.4, 0.5) is 0 Å². The summed E-state index contributed by atoms with van der Waals surface area (Å²) in [6, 6.07) is 14.1. The number of nitrogens with zero attached hydrogens (tertiary/aromatic N) is 2. The molecular weight excluding hydrogens is 350 g/mol. The zero-order valence-corrected chi connectivity index (χ0v) is 15.5. The minimum atomic E-state index is -3.57. The Morgan fingerprint density at radius 3 is 2.35 bits per heavy atom. The molecule has 0 aliphatic carbocycles. The van der Waals surface area contributed by atoms with Crippen LogP contribution >= 0.6 is 0 Å². The first-order valence-electron chi connectivity index (χ1n) is 8.31. The molecule has 3 rings (SSSR count). The monoisotopic (exact) mass is 371 g/mol. The fourth-order valence-corrected chi connectivity index (χ4v) is 3.59. The summed E-state index contributed by atoms with van der Waals surface area (Å²) in [5, 5.41) is 0. The lowest BCUT2D eigenvalue weighted by atomic mass is 10.2. The van der Waals surface area contributed by atoms with E-state index < -0.39 is 10.0 Å². The van der Waals surface area contributed by atoms with Crippen LogP contribution in [0.25, 0.3) is 5.69 Å². The van der Waals surface area contributed by atoms with E-state index in [-0.39, 0.29) is 11.4 Å².